The zero-order valence-electron chi connectivity index (χ0n) is 12.9. The summed E-state index contributed by atoms with van der Waals surface area (Å²) in [5.41, 5.74) is 2.30. The first-order valence-corrected chi connectivity index (χ1v) is 7.54. The average Bonchev–Trinajstić information content (AvgIpc) is 2.58. The monoisotopic (exact) mass is 308 g/mol. The summed E-state index contributed by atoms with van der Waals surface area (Å²) in [6.45, 7) is 0. The van der Waals surface area contributed by atoms with E-state index in [4.69, 9.17) is 12.2 Å². The number of hydrogen-bond acceptors (Lipinski definition) is 1. The second-order valence-electron chi connectivity index (χ2n) is 4.96. The van der Waals surface area contributed by atoms with Crippen LogP contribution in [0.5, 0.6) is 0 Å². The van der Waals surface area contributed by atoms with Crippen molar-refractivity contribution in [2.24, 2.45) is 0 Å². The van der Waals surface area contributed by atoms with E-state index in [-0.39, 0.29) is 0 Å². The van der Waals surface area contributed by atoms with E-state index in [9.17, 15) is 0 Å². The Hall–Kier alpha value is -2.39. The Morgan fingerprint density at radius 3 is 1.45 bits per heavy atom. The average molecular weight is 308 g/mol. The van der Waals surface area contributed by atoms with Gasteiger partial charge in [-0.25, -0.2) is 0 Å². The van der Waals surface area contributed by atoms with Gasteiger partial charge in [0, 0.05) is 26.5 Å². The van der Waals surface area contributed by atoms with Crippen LogP contribution in [0.4, 0.5) is 0 Å². The van der Waals surface area contributed by atoms with Gasteiger partial charge in [0.2, 0.25) is 0 Å². The molecule has 112 valence electrons. The summed E-state index contributed by atoms with van der Waals surface area (Å²) in [5.74, 6) is 0. The Balaban J connectivity index is 1.95. The molecule has 2 aromatic carbocycles. The number of thiocarbonyl (C=S) groups is 1. The fourth-order valence-corrected chi connectivity index (χ4v) is 2.02. The van der Waals surface area contributed by atoms with E-state index in [1.807, 2.05) is 84.8 Å². The summed E-state index contributed by atoms with van der Waals surface area (Å²) in [6, 6.07) is 20.3. The first-order chi connectivity index (χ1) is 10.7. The van der Waals surface area contributed by atoms with Crippen LogP contribution in [-0.4, -0.2) is 29.0 Å². The fourth-order valence-electron chi connectivity index (χ4n) is 1.90. The lowest BCUT2D eigenvalue weighted by Gasteiger charge is -2.22. The summed E-state index contributed by atoms with van der Waals surface area (Å²) in [5, 5.41) is 0.736. The van der Waals surface area contributed by atoms with Crippen molar-refractivity contribution >= 4 is 29.5 Å². The SMILES string of the molecule is CN(C=Cc1ccccc1)C(=S)N(C)C=Cc1ccccc1. The molecule has 0 spiro atoms. The van der Waals surface area contributed by atoms with Crippen molar-refractivity contribution in [3.63, 3.8) is 0 Å². The van der Waals surface area contributed by atoms with Crippen LogP contribution < -0.4 is 0 Å². The van der Waals surface area contributed by atoms with Gasteiger partial charge < -0.3 is 9.80 Å². The number of nitrogens with zero attached hydrogens (tertiary/aromatic N) is 2. The predicted octanol–water partition coefficient (Wildman–Crippen LogP) is 4.48. The highest BCUT2D eigenvalue weighted by molar-refractivity contribution is 7.80. The van der Waals surface area contributed by atoms with E-state index < -0.39 is 0 Å². The molecule has 0 aliphatic rings. The predicted molar refractivity (Wildman–Crippen MR) is 99.1 cm³/mol. The molecule has 2 nitrogen and oxygen atoms in total. The first-order valence-electron chi connectivity index (χ1n) is 7.13. The molecule has 0 saturated carbocycles. The molecule has 0 fully saturated rings. The van der Waals surface area contributed by atoms with Crippen molar-refractivity contribution in [3.8, 4) is 0 Å². The third kappa shape index (κ3) is 4.86. The molecule has 0 amide bonds. The molecule has 0 heterocycles. The Morgan fingerprint density at radius 1 is 0.727 bits per heavy atom. The van der Waals surface area contributed by atoms with Crippen molar-refractivity contribution in [1.29, 1.82) is 0 Å². The quantitative estimate of drug-likeness (QED) is 0.769. The topological polar surface area (TPSA) is 6.48 Å². The number of hydrogen-bond donors (Lipinski definition) is 0. The maximum absolute atomic E-state index is 5.48. The molecule has 2 rings (SSSR count). The van der Waals surface area contributed by atoms with E-state index in [0.717, 1.165) is 16.2 Å². The second-order valence-corrected chi connectivity index (χ2v) is 5.32. The standard InChI is InChI=1S/C19H20N2S/c1-20(15-13-17-9-5-3-6-10-17)19(22)21(2)16-14-18-11-7-4-8-12-18/h3-16H,1-2H3. The van der Waals surface area contributed by atoms with Gasteiger partial charge in [-0.15, -0.1) is 0 Å². The third-order valence-electron chi connectivity index (χ3n) is 3.18. The molecule has 0 radical (unpaired) electrons. The van der Waals surface area contributed by atoms with Crippen molar-refractivity contribution in [2.45, 2.75) is 0 Å². The number of rotatable bonds is 4. The highest BCUT2D eigenvalue weighted by Crippen LogP contribution is 2.06. The van der Waals surface area contributed by atoms with Crippen LogP contribution in [0.15, 0.2) is 73.1 Å². The minimum Gasteiger partial charge on any atom is -0.328 e. The maximum atomic E-state index is 5.48. The number of benzene rings is 2. The van der Waals surface area contributed by atoms with Gasteiger partial charge in [-0.05, 0) is 35.5 Å². The lowest BCUT2D eigenvalue weighted by molar-refractivity contribution is 0.567. The van der Waals surface area contributed by atoms with Gasteiger partial charge in [-0.2, -0.15) is 0 Å². The maximum Gasteiger partial charge on any atom is 0.179 e. The molecule has 0 saturated heterocycles. The fraction of sp³-hybridized carbons (Fsp3) is 0.105. The highest BCUT2D eigenvalue weighted by atomic mass is 32.1. The van der Waals surface area contributed by atoms with Crippen molar-refractivity contribution in [3.05, 3.63) is 84.2 Å². The third-order valence-corrected chi connectivity index (χ3v) is 3.76. The lowest BCUT2D eigenvalue weighted by atomic mass is 10.2. The summed E-state index contributed by atoms with van der Waals surface area (Å²) in [7, 11) is 3.91. The van der Waals surface area contributed by atoms with E-state index in [2.05, 4.69) is 24.3 Å². The van der Waals surface area contributed by atoms with Crippen LogP contribution in [0.3, 0.4) is 0 Å². The van der Waals surface area contributed by atoms with Crippen molar-refractivity contribution in [2.75, 3.05) is 14.1 Å². The molecule has 22 heavy (non-hydrogen) atoms. The van der Waals surface area contributed by atoms with Gasteiger partial charge in [0.1, 0.15) is 0 Å². The molecule has 0 atom stereocenters. The van der Waals surface area contributed by atoms with Gasteiger partial charge >= 0.3 is 0 Å². The Morgan fingerprint density at radius 2 is 1.09 bits per heavy atom. The minimum atomic E-state index is 0.736. The van der Waals surface area contributed by atoms with Crippen molar-refractivity contribution < 1.29 is 0 Å². The van der Waals surface area contributed by atoms with Gasteiger partial charge in [0.15, 0.2) is 5.11 Å². The van der Waals surface area contributed by atoms with Gasteiger partial charge in [0.05, 0.1) is 0 Å². The van der Waals surface area contributed by atoms with E-state index in [0.29, 0.717) is 0 Å². The molecule has 0 bridgehead atoms. The Labute approximate surface area is 138 Å². The highest BCUT2D eigenvalue weighted by Gasteiger charge is 2.04. The van der Waals surface area contributed by atoms with E-state index >= 15 is 0 Å². The normalized spacial score (nSPS) is 11.0. The molecular weight excluding hydrogens is 288 g/mol. The van der Waals surface area contributed by atoms with E-state index in [1.54, 1.807) is 0 Å². The van der Waals surface area contributed by atoms with Crippen LogP contribution in [-0.2, 0) is 0 Å². The molecule has 3 heteroatoms. The Kier molecular flexibility index (Phi) is 5.92. The summed E-state index contributed by atoms with van der Waals surface area (Å²) in [6.07, 6.45) is 8.04. The van der Waals surface area contributed by atoms with E-state index in [1.165, 1.54) is 0 Å². The van der Waals surface area contributed by atoms with Crippen LogP contribution in [0.2, 0.25) is 0 Å². The Bertz CT molecular complexity index is 590. The van der Waals surface area contributed by atoms with Crippen LogP contribution in [0, 0.1) is 0 Å². The molecule has 0 aliphatic heterocycles. The second kappa shape index (κ2) is 8.15. The van der Waals surface area contributed by atoms with Crippen LogP contribution in [0.25, 0.3) is 12.2 Å². The van der Waals surface area contributed by atoms with Crippen LogP contribution >= 0.6 is 12.2 Å². The largest absolute Gasteiger partial charge is 0.328 e. The molecule has 0 N–H and O–H groups in total. The summed E-state index contributed by atoms with van der Waals surface area (Å²) >= 11 is 5.48. The lowest BCUT2D eigenvalue weighted by Crippen LogP contribution is -2.31. The molecular formula is C19H20N2S. The van der Waals surface area contributed by atoms with Crippen LogP contribution in [0.1, 0.15) is 11.1 Å². The van der Waals surface area contributed by atoms with Gasteiger partial charge in [-0.1, -0.05) is 60.7 Å². The van der Waals surface area contributed by atoms with Gasteiger partial charge in [0.25, 0.3) is 0 Å². The minimum absolute atomic E-state index is 0.736. The molecule has 0 unspecified atom stereocenters. The zero-order valence-corrected chi connectivity index (χ0v) is 13.7. The first kappa shape index (κ1) is 16.0. The molecule has 2 aromatic rings. The zero-order chi connectivity index (χ0) is 15.8. The van der Waals surface area contributed by atoms with Crippen molar-refractivity contribution in [1.82, 2.24) is 9.80 Å². The summed E-state index contributed by atoms with van der Waals surface area (Å²) in [4.78, 5) is 3.86. The smallest absolute Gasteiger partial charge is 0.179 e. The molecule has 0 aromatic heterocycles. The summed E-state index contributed by atoms with van der Waals surface area (Å²) < 4.78 is 0. The molecule has 0 aliphatic carbocycles. The van der Waals surface area contributed by atoms with Gasteiger partial charge in [-0.3, -0.25) is 0 Å².